The molecule has 1 fully saturated rings. The van der Waals surface area contributed by atoms with Crippen molar-refractivity contribution in [2.24, 2.45) is 0 Å². The number of imide groups is 1. The summed E-state index contributed by atoms with van der Waals surface area (Å²) in [5.41, 5.74) is 1.37. The number of carbonyl (C=O) groups excluding carboxylic acids is 4. The number of nitrogens with zero attached hydrogens (tertiary/aromatic N) is 3. The van der Waals surface area contributed by atoms with Gasteiger partial charge in [0.25, 0.3) is 23.6 Å². The van der Waals surface area contributed by atoms with E-state index in [1.165, 1.54) is 11.0 Å². The maximum absolute atomic E-state index is 13.1. The number of benzene rings is 2. The molecule has 0 saturated carbocycles. The summed E-state index contributed by atoms with van der Waals surface area (Å²) >= 11 is 12.0. The third-order valence-electron chi connectivity index (χ3n) is 5.92. The summed E-state index contributed by atoms with van der Waals surface area (Å²) in [6.07, 6.45) is 1.61. The van der Waals surface area contributed by atoms with E-state index in [0.717, 1.165) is 12.8 Å². The molecule has 0 atom stereocenters. The number of hydrogen-bond acceptors (Lipinski definition) is 4. The Hall–Kier alpha value is -2.90. The van der Waals surface area contributed by atoms with Crippen LogP contribution in [-0.2, 0) is 0 Å². The van der Waals surface area contributed by atoms with E-state index in [2.05, 4.69) is 0 Å². The lowest BCUT2D eigenvalue weighted by Gasteiger charge is -2.35. The summed E-state index contributed by atoms with van der Waals surface area (Å²) in [5, 5.41) is 0.773. The Morgan fingerprint density at radius 2 is 1.33 bits per heavy atom. The lowest BCUT2D eigenvalue weighted by molar-refractivity contribution is 0.0535. The number of unbranched alkanes of at least 4 members (excludes halogenated alkanes) is 1. The van der Waals surface area contributed by atoms with Gasteiger partial charge >= 0.3 is 0 Å². The van der Waals surface area contributed by atoms with E-state index in [1.54, 1.807) is 40.1 Å². The van der Waals surface area contributed by atoms with E-state index in [0.29, 0.717) is 59.5 Å². The predicted molar refractivity (Wildman–Crippen MR) is 125 cm³/mol. The number of rotatable bonds is 5. The van der Waals surface area contributed by atoms with Crippen molar-refractivity contribution in [1.82, 2.24) is 14.7 Å². The average Bonchev–Trinajstić information content (AvgIpc) is 3.05. The van der Waals surface area contributed by atoms with E-state index >= 15 is 0 Å². The lowest BCUT2D eigenvalue weighted by atomic mass is 10.0. The van der Waals surface area contributed by atoms with Gasteiger partial charge in [0.1, 0.15) is 0 Å². The molecule has 2 aliphatic rings. The van der Waals surface area contributed by atoms with Crippen LogP contribution >= 0.6 is 23.2 Å². The third kappa shape index (κ3) is 4.61. The molecule has 2 aromatic carbocycles. The first-order valence-corrected chi connectivity index (χ1v) is 11.6. The van der Waals surface area contributed by atoms with Crippen LogP contribution in [0.1, 0.15) is 61.2 Å². The molecule has 2 aromatic rings. The molecule has 0 N–H and O–H groups in total. The molecule has 172 valence electrons. The molecular formula is C24H23Cl2N3O4. The third-order valence-corrected chi connectivity index (χ3v) is 6.35. The molecule has 9 heteroatoms. The van der Waals surface area contributed by atoms with Crippen LogP contribution in [0, 0.1) is 0 Å². The first-order chi connectivity index (χ1) is 15.8. The second kappa shape index (κ2) is 9.53. The van der Waals surface area contributed by atoms with Gasteiger partial charge in [0, 0.05) is 53.9 Å². The molecule has 0 spiro atoms. The topological polar surface area (TPSA) is 78.0 Å². The summed E-state index contributed by atoms with van der Waals surface area (Å²) < 4.78 is 0. The fourth-order valence-electron chi connectivity index (χ4n) is 4.10. The van der Waals surface area contributed by atoms with Crippen molar-refractivity contribution in [3.63, 3.8) is 0 Å². The highest BCUT2D eigenvalue weighted by atomic mass is 35.5. The largest absolute Gasteiger partial charge is 0.335 e. The molecule has 2 aliphatic heterocycles. The Morgan fingerprint density at radius 3 is 1.91 bits per heavy atom. The van der Waals surface area contributed by atoms with Crippen LogP contribution in [0.5, 0.6) is 0 Å². The first kappa shape index (κ1) is 23.3. The van der Waals surface area contributed by atoms with Gasteiger partial charge in [-0.3, -0.25) is 24.1 Å². The van der Waals surface area contributed by atoms with Crippen molar-refractivity contribution in [2.45, 2.75) is 19.8 Å². The Kier molecular flexibility index (Phi) is 6.72. The standard InChI is InChI=1S/C24H23Cl2N3O4/c1-2-3-6-29-23(32)19-5-4-15(13-20(19)24(29)33)21(30)27-7-9-28(10-8-27)22(31)16-11-17(25)14-18(26)12-16/h4-5,11-14H,2-3,6-10H2,1H3. The monoisotopic (exact) mass is 487 g/mol. The minimum absolute atomic E-state index is 0.194. The van der Waals surface area contributed by atoms with Crippen LogP contribution in [0.2, 0.25) is 10.0 Å². The first-order valence-electron chi connectivity index (χ1n) is 10.8. The van der Waals surface area contributed by atoms with E-state index in [-0.39, 0.29) is 29.2 Å². The zero-order valence-electron chi connectivity index (χ0n) is 18.1. The molecule has 0 radical (unpaired) electrons. The van der Waals surface area contributed by atoms with Crippen molar-refractivity contribution in [1.29, 1.82) is 0 Å². The summed E-state index contributed by atoms with van der Waals surface area (Å²) in [6.45, 7) is 3.80. The Balaban J connectivity index is 1.43. The lowest BCUT2D eigenvalue weighted by Crippen LogP contribution is -2.50. The molecule has 1 saturated heterocycles. The highest BCUT2D eigenvalue weighted by molar-refractivity contribution is 6.35. The number of halogens is 2. The van der Waals surface area contributed by atoms with Crippen LogP contribution in [0.4, 0.5) is 0 Å². The van der Waals surface area contributed by atoms with Crippen molar-refractivity contribution in [2.75, 3.05) is 32.7 Å². The highest BCUT2D eigenvalue weighted by Crippen LogP contribution is 2.25. The molecular weight excluding hydrogens is 465 g/mol. The number of hydrogen-bond donors (Lipinski definition) is 0. The quantitative estimate of drug-likeness (QED) is 0.597. The van der Waals surface area contributed by atoms with E-state index in [1.807, 2.05) is 6.92 Å². The summed E-state index contributed by atoms with van der Waals surface area (Å²) in [7, 11) is 0. The number of fused-ring (bicyclic) bond motifs is 1. The van der Waals surface area contributed by atoms with Gasteiger partial charge in [-0.2, -0.15) is 0 Å². The van der Waals surface area contributed by atoms with Crippen LogP contribution < -0.4 is 0 Å². The van der Waals surface area contributed by atoms with Crippen LogP contribution in [-0.4, -0.2) is 71.1 Å². The maximum Gasteiger partial charge on any atom is 0.261 e. The summed E-state index contributed by atoms with van der Waals surface area (Å²) in [6, 6.07) is 9.35. The van der Waals surface area contributed by atoms with Gasteiger partial charge in [-0.15, -0.1) is 0 Å². The predicted octanol–water partition coefficient (Wildman–Crippen LogP) is 3.99. The van der Waals surface area contributed by atoms with Gasteiger partial charge < -0.3 is 9.80 Å². The SMILES string of the molecule is CCCCN1C(=O)c2ccc(C(=O)N3CCN(C(=O)c4cc(Cl)cc(Cl)c4)CC3)cc2C1=O. The number of carbonyl (C=O) groups is 4. The minimum Gasteiger partial charge on any atom is -0.335 e. The van der Waals surface area contributed by atoms with Gasteiger partial charge in [0.2, 0.25) is 0 Å². The molecule has 4 rings (SSSR count). The summed E-state index contributed by atoms with van der Waals surface area (Å²) in [4.78, 5) is 55.6. The Labute approximate surface area is 201 Å². The van der Waals surface area contributed by atoms with E-state index < -0.39 is 0 Å². The van der Waals surface area contributed by atoms with E-state index in [4.69, 9.17) is 23.2 Å². The van der Waals surface area contributed by atoms with Crippen LogP contribution in [0.15, 0.2) is 36.4 Å². The number of amides is 4. The molecule has 33 heavy (non-hydrogen) atoms. The average molecular weight is 488 g/mol. The fraction of sp³-hybridized carbons (Fsp3) is 0.333. The molecule has 0 aliphatic carbocycles. The molecule has 4 amide bonds. The Bertz CT molecular complexity index is 1120. The van der Waals surface area contributed by atoms with Crippen LogP contribution in [0.25, 0.3) is 0 Å². The molecule has 0 bridgehead atoms. The Morgan fingerprint density at radius 1 is 0.788 bits per heavy atom. The van der Waals surface area contributed by atoms with Gasteiger partial charge in [-0.05, 0) is 42.8 Å². The second-order valence-corrected chi connectivity index (χ2v) is 8.99. The van der Waals surface area contributed by atoms with Gasteiger partial charge in [0.05, 0.1) is 11.1 Å². The normalized spacial score (nSPS) is 15.8. The zero-order chi connectivity index (χ0) is 23.7. The molecule has 0 unspecified atom stereocenters. The van der Waals surface area contributed by atoms with Crippen molar-refractivity contribution in [3.8, 4) is 0 Å². The van der Waals surface area contributed by atoms with E-state index in [9.17, 15) is 19.2 Å². The second-order valence-electron chi connectivity index (χ2n) is 8.12. The number of piperazine rings is 1. The van der Waals surface area contributed by atoms with Gasteiger partial charge in [0.15, 0.2) is 0 Å². The fourth-order valence-corrected chi connectivity index (χ4v) is 4.62. The van der Waals surface area contributed by atoms with Crippen molar-refractivity contribution < 1.29 is 19.2 Å². The van der Waals surface area contributed by atoms with Gasteiger partial charge in [-0.25, -0.2) is 0 Å². The summed E-state index contributed by atoms with van der Waals surface area (Å²) in [5.74, 6) is -1.09. The molecule has 2 heterocycles. The van der Waals surface area contributed by atoms with Crippen LogP contribution in [0.3, 0.4) is 0 Å². The molecule has 0 aromatic heterocycles. The zero-order valence-corrected chi connectivity index (χ0v) is 19.7. The van der Waals surface area contributed by atoms with Crippen molar-refractivity contribution in [3.05, 3.63) is 68.7 Å². The van der Waals surface area contributed by atoms with Crippen molar-refractivity contribution >= 4 is 46.8 Å². The highest BCUT2D eigenvalue weighted by Gasteiger charge is 2.36. The molecule has 7 nitrogen and oxygen atoms in total. The smallest absolute Gasteiger partial charge is 0.261 e. The van der Waals surface area contributed by atoms with Gasteiger partial charge in [-0.1, -0.05) is 36.5 Å². The maximum atomic E-state index is 13.1. The minimum atomic E-state index is -0.353.